The number of nitrogens with zero attached hydrogens (tertiary/aromatic N) is 3. The number of carbonyl (C=O) groups is 1. The molecule has 0 aliphatic heterocycles. The molecule has 1 aromatic carbocycles. The minimum Gasteiger partial charge on any atom is -0.299 e. The molecule has 7 heteroatoms. The van der Waals surface area contributed by atoms with Crippen molar-refractivity contribution in [2.24, 2.45) is 7.05 Å². The second-order valence-corrected chi connectivity index (χ2v) is 6.19. The molecular formula is C18H22N4O3. The van der Waals surface area contributed by atoms with Gasteiger partial charge in [0.25, 0.3) is 5.56 Å². The van der Waals surface area contributed by atoms with Crippen LogP contribution in [0, 0.1) is 6.92 Å². The summed E-state index contributed by atoms with van der Waals surface area (Å²) in [7, 11) is 1.58. The van der Waals surface area contributed by atoms with Crippen LogP contribution in [0.1, 0.15) is 41.9 Å². The highest BCUT2D eigenvalue weighted by Gasteiger charge is 2.21. The molecule has 0 saturated heterocycles. The number of fused-ring (bicyclic) bond motifs is 1. The summed E-state index contributed by atoms with van der Waals surface area (Å²) in [6.07, 6.45) is 0.849. The highest BCUT2D eigenvalue weighted by Crippen LogP contribution is 2.18. The number of H-pyrrole nitrogens is 1. The minimum absolute atomic E-state index is 0.0716. The number of benzene rings is 1. The van der Waals surface area contributed by atoms with Gasteiger partial charge in [-0.25, -0.2) is 4.79 Å². The van der Waals surface area contributed by atoms with Crippen LogP contribution in [0.2, 0.25) is 0 Å². The third kappa shape index (κ3) is 2.56. The van der Waals surface area contributed by atoms with Gasteiger partial charge in [0.1, 0.15) is 5.56 Å². The molecule has 1 N–H and O–H groups in total. The summed E-state index contributed by atoms with van der Waals surface area (Å²) in [5, 5.41) is 2.84. The van der Waals surface area contributed by atoms with Gasteiger partial charge in [0, 0.05) is 31.4 Å². The van der Waals surface area contributed by atoms with Crippen molar-refractivity contribution in [2.75, 3.05) is 0 Å². The van der Waals surface area contributed by atoms with Crippen molar-refractivity contribution in [2.45, 2.75) is 40.3 Å². The normalized spacial score (nSPS) is 11.4. The Hall–Kier alpha value is -2.83. The van der Waals surface area contributed by atoms with Crippen LogP contribution in [0.5, 0.6) is 0 Å². The summed E-state index contributed by atoms with van der Waals surface area (Å²) in [6, 6.07) is 5.18. The van der Waals surface area contributed by atoms with E-state index in [4.69, 9.17) is 0 Å². The third-order valence-electron chi connectivity index (χ3n) is 4.50. The van der Waals surface area contributed by atoms with Gasteiger partial charge in [0.05, 0.1) is 11.0 Å². The average molecular weight is 342 g/mol. The Kier molecular flexibility index (Phi) is 4.24. The molecule has 0 fully saturated rings. The lowest BCUT2D eigenvalue weighted by molar-refractivity contribution is 0.103. The Balaban J connectivity index is 2.21. The maximum Gasteiger partial charge on any atom is 0.329 e. The SMILES string of the molecule is CCCn1c(=O)n(CC)c2cc(C(=O)c3c(C)[nH]n(C)c3=O)ccc21. The zero-order chi connectivity index (χ0) is 18.3. The highest BCUT2D eigenvalue weighted by atomic mass is 16.2. The predicted octanol–water partition coefficient (Wildman–Crippen LogP) is 1.80. The Morgan fingerprint density at radius 2 is 1.84 bits per heavy atom. The van der Waals surface area contributed by atoms with Crippen LogP contribution in [0.15, 0.2) is 27.8 Å². The first kappa shape index (κ1) is 17.0. The highest BCUT2D eigenvalue weighted by molar-refractivity contribution is 6.10. The zero-order valence-electron chi connectivity index (χ0n) is 14.9. The largest absolute Gasteiger partial charge is 0.329 e. The van der Waals surface area contributed by atoms with Gasteiger partial charge in [-0.05, 0) is 38.5 Å². The van der Waals surface area contributed by atoms with Crippen LogP contribution in [-0.2, 0) is 20.1 Å². The molecule has 2 aromatic heterocycles. The van der Waals surface area contributed by atoms with E-state index in [9.17, 15) is 14.4 Å². The molecule has 25 heavy (non-hydrogen) atoms. The van der Waals surface area contributed by atoms with E-state index >= 15 is 0 Å². The van der Waals surface area contributed by atoms with E-state index in [1.54, 1.807) is 41.3 Å². The summed E-state index contributed by atoms with van der Waals surface area (Å²) in [6.45, 7) is 6.77. The van der Waals surface area contributed by atoms with Crippen LogP contribution in [0.4, 0.5) is 0 Å². The van der Waals surface area contributed by atoms with E-state index in [1.807, 2.05) is 13.8 Å². The molecule has 0 saturated carbocycles. The second-order valence-electron chi connectivity index (χ2n) is 6.19. The average Bonchev–Trinajstić information content (AvgIpc) is 3.00. The van der Waals surface area contributed by atoms with Crippen molar-refractivity contribution in [1.82, 2.24) is 18.9 Å². The Morgan fingerprint density at radius 3 is 2.40 bits per heavy atom. The van der Waals surface area contributed by atoms with Gasteiger partial charge in [-0.1, -0.05) is 6.92 Å². The molecule has 0 bridgehead atoms. The van der Waals surface area contributed by atoms with E-state index < -0.39 is 0 Å². The molecule has 132 valence electrons. The van der Waals surface area contributed by atoms with Gasteiger partial charge in [0.15, 0.2) is 0 Å². The number of aryl methyl sites for hydroxylation is 4. The lowest BCUT2D eigenvalue weighted by Crippen LogP contribution is -2.23. The van der Waals surface area contributed by atoms with Gasteiger partial charge >= 0.3 is 5.69 Å². The first-order valence-electron chi connectivity index (χ1n) is 8.44. The van der Waals surface area contributed by atoms with Crippen LogP contribution >= 0.6 is 0 Å². The number of nitrogens with one attached hydrogen (secondary N) is 1. The molecule has 0 atom stereocenters. The molecule has 7 nitrogen and oxygen atoms in total. The standard InChI is InChI=1S/C18H22N4O3/c1-5-9-22-13-8-7-12(10-14(13)21(6-2)18(22)25)16(23)15-11(3)19-20(4)17(15)24/h7-8,10,19H,5-6,9H2,1-4H3. The van der Waals surface area contributed by atoms with E-state index in [2.05, 4.69) is 5.10 Å². The number of carbonyl (C=O) groups excluding carboxylic acids is 1. The molecule has 0 radical (unpaired) electrons. The minimum atomic E-state index is -0.348. The fourth-order valence-electron chi connectivity index (χ4n) is 3.30. The fourth-order valence-corrected chi connectivity index (χ4v) is 3.30. The Bertz CT molecular complexity index is 1080. The zero-order valence-corrected chi connectivity index (χ0v) is 14.9. The van der Waals surface area contributed by atoms with Crippen LogP contribution in [0.25, 0.3) is 11.0 Å². The molecule has 3 aromatic rings. The first-order valence-corrected chi connectivity index (χ1v) is 8.44. The summed E-state index contributed by atoms with van der Waals surface area (Å²) in [5.74, 6) is -0.334. The molecule has 0 aliphatic rings. The maximum absolute atomic E-state index is 12.8. The molecule has 3 rings (SSSR count). The number of rotatable bonds is 5. The molecular weight excluding hydrogens is 320 g/mol. The third-order valence-corrected chi connectivity index (χ3v) is 4.50. The monoisotopic (exact) mass is 342 g/mol. The van der Waals surface area contributed by atoms with Crippen molar-refractivity contribution >= 4 is 16.8 Å². The Morgan fingerprint density at radius 1 is 1.12 bits per heavy atom. The van der Waals surface area contributed by atoms with Gasteiger partial charge in [0.2, 0.25) is 5.78 Å². The quantitative estimate of drug-likeness (QED) is 0.718. The van der Waals surface area contributed by atoms with Crippen molar-refractivity contribution in [3.63, 3.8) is 0 Å². The van der Waals surface area contributed by atoms with Gasteiger partial charge in [-0.15, -0.1) is 0 Å². The predicted molar refractivity (Wildman–Crippen MR) is 96.4 cm³/mol. The van der Waals surface area contributed by atoms with Gasteiger partial charge < -0.3 is 0 Å². The van der Waals surface area contributed by atoms with E-state index in [-0.39, 0.29) is 22.6 Å². The fraction of sp³-hybridized carbons (Fsp3) is 0.389. The first-order chi connectivity index (χ1) is 11.9. The molecule has 0 spiro atoms. The molecule has 0 amide bonds. The van der Waals surface area contributed by atoms with Crippen LogP contribution < -0.4 is 11.2 Å². The van der Waals surface area contributed by atoms with Crippen molar-refractivity contribution < 1.29 is 4.79 Å². The second kappa shape index (κ2) is 6.23. The lowest BCUT2D eigenvalue weighted by Gasteiger charge is -2.03. The molecule has 0 unspecified atom stereocenters. The van der Waals surface area contributed by atoms with Crippen molar-refractivity contribution in [3.8, 4) is 0 Å². The number of ketones is 1. The van der Waals surface area contributed by atoms with Crippen LogP contribution in [-0.4, -0.2) is 24.7 Å². The number of hydrogen-bond acceptors (Lipinski definition) is 3. The van der Waals surface area contributed by atoms with E-state index in [0.717, 1.165) is 17.5 Å². The number of aromatic nitrogens is 4. The van der Waals surface area contributed by atoms with E-state index in [1.165, 1.54) is 4.68 Å². The van der Waals surface area contributed by atoms with Gasteiger partial charge in [-0.2, -0.15) is 0 Å². The van der Waals surface area contributed by atoms with Crippen LogP contribution in [0.3, 0.4) is 0 Å². The summed E-state index contributed by atoms with van der Waals surface area (Å²) in [5.41, 5.74) is 2.19. The summed E-state index contributed by atoms with van der Waals surface area (Å²) >= 11 is 0. The number of aromatic amines is 1. The summed E-state index contributed by atoms with van der Waals surface area (Å²) < 4.78 is 4.68. The molecule has 0 aliphatic carbocycles. The van der Waals surface area contributed by atoms with Crippen molar-refractivity contribution in [1.29, 1.82) is 0 Å². The lowest BCUT2D eigenvalue weighted by atomic mass is 10.0. The smallest absolute Gasteiger partial charge is 0.299 e. The van der Waals surface area contributed by atoms with E-state index in [0.29, 0.717) is 24.3 Å². The van der Waals surface area contributed by atoms with Gasteiger partial charge in [-0.3, -0.25) is 28.5 Å². The summed E-state index contributed by atoms with van der Waals surface area (Å²) in [4.78, 5) is 37.6. The van der Waals surface area contributed by atoms with Crippen molar-refractivity contribution in [3.05, 3.63) is 55.9 Å². The molecule has 2 heterocycles. The maximum atomic E-state index is 12.8. The number of imidazole rings is 1. The topological polar surface area (TPSA) is 81.8 Å². The Labute approximate surface area is 144 Å². The number of hydrogen-bond donors (Lipinski definition) is 1.